The summed E-state index contributed by atoms with van der Waals surface area (Å²) >= 11 is 0. The lowest BCUT2D eigenvalue weighted by Crippen LogP contribution is -2.28. The Bertz CT molecular complexity index is 219. The van der Waals surface area contributed by atoms with Crippen LogP contribution in [0, 0.1) is 0 Å². The predicted octanol–water partition coefficient (Wildman–Crippen LogP) is 2.03. The molecule has 0 aromatic rings. The second-order valence-corrected chi connectivity index (χ2v) is 4.51. The zero-order valence-corrected chi connectivity index (χ0v) is 11.5. The standard InChI is InChI=1S/C14H27NO3/c1-3-14(17)18-12-8-6-4-5-7-9-13(2)15-10-11-16/h3,13,15-16H,1,4-12H2,2H3. The first-order valence-corrected chi connectivity index (χ1v) is 6.84. The molecule has 0 aliphatic carbocycles. The second-order valence-electron chi connectivity index (χ2n) is 4.51. The SMILES string of the molecule is C=CC(=O)OCCCCCCCC(C)NCCO. The van der Waals surface area contributed by atoms with Crippen LogP contribution in [0.4, 0.5) is 0 Å². The minimum absolute atomic E-state index is 0.202. The molecule has 0 fully saturated rings. The van der Waals surface area contributed by atoms with Gasteiger partial charge in [0, 0.05) is 18.7 Å². The molecule has 0 aromatic heterocycles. The molecule has 18 heavy (non-hydrogen) atoms. The van der Waals surface area contributed by atoms with E-state index in [0.29, 0.717) is 19.2 Å². The predicted molar refractivity (Wildman–Crippen MR) is 73.4 cm³/mol. The van der Waals surface area contributed by atoms with Crippen LogP contribution in [0.5, 0.6) is 0 Å². The van der Waals surface area contributed by atoms with Gasteiger partial charge < -0.3 is 15.2 Å². The summed E-state index contributed by atoms with van der Waals surface area (Å²) in [5.41, 5.74) is 0. The Labute approximate surface area is 110 Å². The Morgan fingerprint density at radius 2 is 2.00 bits per heavy atom. The Morgan fingerprint density at radius 1 is 1.33 bits per heavy atom. The largest absolute Gasteiger partial charge is 0.463 e. The highest BCUT2D eigenvalue weighted by Gasteiger charge is 2.00. The van der Waals surface area contributed by atoms with Gasteiger partial charge in [0.2, 0.25) is 0 Å². The molecule has 0 aliphatic rings. The van der Waals surface area contributed by atoms with E-state index in [1.165, 1.54) is 25.3 Å². The molecule has 0 heterocycles. The first-order chi connectivity index (χ1) is 8.70. The van der Waals surface area contributed by atoms with Crippen LogP contribution >= 0.6 is 0 Å². The quantitative estimate of drug-likeness (QED) is 0.319. The maximum absolute atomic E-state index is 10.7. The van der Waals surface area contributed by atoms with Crippen molar-refractivity contribution < 1.29 is 14.6 Å². The third kappa shape index (κ3) is 11.6. The van der Waals surface area contributed by atoms with E-state index >= 15 is 0 Å². The Hall–Kier alpha value is -0.870. The molecule has 4 heteroatoms. The molecule has 0 saturated heterocycles. The average molecular weight is 257 g/mol. The summed E-state index contributed by atoms with van der Waals surface area (Å²) in [6.45, 7) is 6.86. The molecule has 0 radical (unpaired) electrons. The Morgan fingerprint density at radius 3 is 2.67 bits per heavy atom. The molecule has 0 spiro atoms. The molecule has 0 aromatic carbocycles. The lowest BCUT2D eigenvalue weighted by molar-refractivity contribution is -0.137. The summed E-state index contributed by atoms with van der Waals surface area (Å²) in [6.07, 6.45) is 7.96. The van der Waals surface area contributed by atoms with Crippen LogP contribution in [0.15, 0.2) is 12.7 Å². The third-order valence-corrected chi connectivity index (χ3v) is 2.80. The molecule has 4 nitrogen and oxygen atoms in total. The zero-order chi connectivity index (χ0) is 13.6. The minimum atomic E-state index is -0.334. The van der Waals surface area contributed by atoms with Gasteiger partial charge in [-0.05, 0) is 19.8 Å². The average Bonchev–Trinajstić information content (AvgIpc) is 2.38. The molecule has 0 rings (SSSR count). The van der Waals surface area contributed by atoms with Crippen molar-refractivity contribution in [3.63, 3.8) is 0 Å². The van der Waals surface area contributed by atoms with Crippen molar-refractivity contribution in [2.75, 3.05) is 19.8 Å². The topological polar surface area (TPSA) is 58.6 Å². The van der Waals surface area contributed by atoms with Gasteiger partial charge in [0.1, 0.15) is 0 Å². The Balaban J connectivity index is 3.16. The summed E-state index contributed by atoms with van der Waals surface area (Å²) in [4.78, 5) is 10.7. The fourth-order valence-corrected chi connectivity index (χ4v) is 1.73. The molecule has 2 N–H and O–H groups in total. The van der Waals surface area contributed by atoms with Crippen LogP contribution in [-0.4, -0.2) is 36.9 Å². The van der Waals surface area contributed by atoms with Gasteiger partial charge in [0.05, 0.1) is 13.2 Å². The summed E-state index contributed by atoms with van der Waals surface area (Å²) < 4.78 is 4.89. The summed E-state index contributed by atoms with van der Waals surface area (Å²) in [5.74, 6) is -0.334. The number of aliphatic hydroxyl groups is 1. The van der Waals surface area contributed by atoms with Crippen molar-refractivity contribution in [2.24, 2.45) is 0 Å². The van der Waals surface area contributed by atoms with Crippen LogP contribution in [0.2, 0.25) is 0 Å². The van der Waals surface area contributed by atoms with E-state index < -0.39 is 0 Å². The first-order valence-electron chi connectivity index (χ1n) is 6.84. The van der Waals surface area contributed by atoms with Crippen LogP contribution in [0.3, 0.4) is 0 Å². The summed E-state index contributed by atoms with van der Waals surface area (Å²) in [6, 6.07) is 0.477. The maximum Gasteiger partial charge on any atom is 0.330 e. The lowest BCUT2D eigenvalue weighted by Gasteiger charge is -2.12. The van der Waals surface area contributed by atoms with E-state index in [1.54, 1.807) is 0 Å². The fourth-order valence-electron chi connectivity index (χ4n) is 1.73. The van der Waals surface area contributed by atoms with Crippen LogP contribution in [0.25, 0.3) is 0 Å². The number of carbonyl (C=O) groups excluding carboxylic acids is 1. The number of ether oxygens (including phenoxy) is 1. The molecule has 106 valence electrons. The van der Waals surface area contributed by atoms with Crippen molar-refractivity contribution in [1.29, 1.82) is 0 Å². The van der Waals surface area contributed by atoms with Crippen LogP contribution < -0.4 is 5.32 Å². The molecular weight excluding hydrogens is 230 g/mol. The molecule has 0 amide bonds. The molecule has 0 bridgehead atoms. The number of nitrogens with one attached hydrogen (secondary N) is 1. The van der Waals surface area contributed by atoms with E-state index in [2.05, 4.69) is 18.8 Å². The molecular formula is C14H27NO3. The monoisotopic (exact) mass is 257 g/mol. The Kier molecular flexibility index (Phi) is 12.0. The fraction of sp³-hybridized carbons (Fsp3) is 0.786. The van der Waals surface area contributed by atoms with Gasteiger partial charge in [-0.25, -0.2) is 4.79 Å². The highest BCUT2D eigenvalue weighted by Crippen LogP contribution is 2.07. The summed E-state index contributed by atoms with van der Waals surface area (Å²) in [5, 5.41) is 11.9. The molecule has 1 atom stereocenters. The van der Waals surface area contributed by atoms with Crippen molar-refractivity contribution in [3.05, 3.63) is 12.7 Å². The lowest BCUT2D eigenvalue weighted by atomic mass is 10.1. The number of unbranched alkanes of at least 4 members (excludes halogenated alkanes) is 4. The maximum atomic E-state index is 10.7. The number of esters is 1. The zero-order valence-electron chi connectivity index (χ0n) is 11.5. The molecule has 0 saturated carbocycles. The third-order valence-electron chi connectivity index (χ3n) is 2.80. The summed E-state index contributed by atoms with van der Waals surface area (Å²) in [7, 11) is 0. The van der Waals surface area contributed by atoms with E-state index in [9.17, 15) is 4.79 Å². The van der Waals surface area contributed by atoms with E-state index in [4.69, 9.17) is 9.84 Å². The second kappa shape index (κ2) is 12.6. The van der Waals surface area contributed by atoms with Gasteiger partial charge in [0.15, 0.2) is 0 Å². The van der Waals surface area contributed by atoms with Gasteiger partial charge in [0.25, 0.3) is 0 Å². The number of hydrogen-bond acceptors (Lipinski definition) is 4. The number of aliphatic hydroxyl groups excluding tert-OH is 1. The van der Waals surface area contributed by atoms with Gasteiger partial charge in [-0.1, -0.05) is 32.3 Å². The van der Waals surface area contributed by atoms with Crippen molar-refractivity contribution in [2.45, 2.75) is 51.5 Å². The van der Waals surface area contributed by atoms with Gasteiger partial charge >= 0.3 is 5.97 Å². The highest BCUT2D eigenvalue weighted by molar-refractivity contribution is 5.81. The number of carbonyl (C=O) groups is 1. The smallest absolute Gasteiger partial charge is 0.330 e. The van der Waals surface area contributed by atoms with Crippen LogP contribution in [0.1, 0.15) is 45.4 Å². The van der Waals surface area contributed by atoms with E-state index in [1.807, 2.05) is 0 Å². The van der Waals surface area contributed by atoms with E-state index in [-0.39, 0.29) is 12.6 Å². The first kappa shape index (κ1) is 17.1. The van der Waals surface area contributed by atoms with Crippen molar-refractivity contribution in [1.82, 2.24) is 5.32 Å². The van der Waals surface area contributed by atoms with Gasteiger partial charge in [-0.2, -0.15) is 0 Å². The van der Waals surface area contributed by atoms with Gasteiger partial charge in [-0.3, -0.25) is 0 Å². The van der Waals surface area contributed by atoms with Crippen molar-refractivity contribution >= 4 is 5.97 Å². The highest BCUT2D eigenvalue weighted by atomic mass is 16.5. The number of hydrogen-bond donors (Lipinski definition) is 2. The van der Waals surface area contributed by atoms with Crippen molar-refractivity contribution in [3.8, 4) is 0 Å². The van der Waals surface area contributed by atoms with E-state index in [0.717, 1.165) is 19.3 Å². The van der Waals surface area contributed by atoms with Crippen LogP contribution in [-0.2, 0) is 9.53 Å². The molecule has 0 aliphatic heterocycles. The normalized spacial score (nSPS) is 12.1. The van der Waals surface area contributed by atoms with Gasteiger partial charge in [-0.15, -0.1) is 0 Å². The minimum Gasteiger partial charge on any atom is -0.463 e. The number of rotatable bonds is 12. The molecule has 1 unspecified atom stereocenters.